The van der Waals surface area contributed by atoms with Crippen molar-refractivity contribution >= 4 is 11.3 Å². The molecular weight excluding hydrogens is 468 g/mol. The number of ether oxygens (including phenoxy) is 2. The Morgan fingerprint density at radius 2 is 1.81 bits per heavy atom. The molecule has 5 rings (SSSR count). The summed E-state index contributed by atoms with van der Waals surface area (Å²) in [5.41, 5.74) is 0.824. The number of hydrogen-bond acceptors (Lipinski definition) is 5. The second-order valence-electron chi connectivity index (χ2n) is 7.95. The van der Waals surface area contributed by atoms with E-state index in [1.165, 1.54) is 60.3 Å². The maximum atomic E-state index is 14.9. The zero-order valence-corrected chi connectivity index (χ0v) is 19.0. The first-order valence-electron chi connectivity index (χ1n) is 10.9. The van der Waals surface area contributed by atoms with Crippen LogP contribution in [0.4, 0.5) is 8.78 Å². The van der Waals surface area contributed by atoms with Crippen LogP contribution in [0.15, 0.2) is 90.1 Å². The van der Waals surface area contributed by atoms with Crippen LogP contribution >= 0.6 is 0 Å². The van der Waals surface area contributed by atoms with Gasteiger partial charge in [-0.05, 0) is 60.2 Å². The molecule has 36 heavy (non-hydrogen) atoms. The highest BCUT2D eigenvalue weighted by molar-refractivity contribution is 5.97. The highest BCUT2D eigenvalue weighted by Crippen LogP contribution is 2.31. The van der Waals surface area contributed by atoms with Crippen LogP contribution in [0.25, 0.3) is 11.2 Å². The van der Waals surface area contributed by atoms with Crippen molar-refractivity contribution in [1.29, 1.82) is 0 Å². The van der Waals surface area contributed by atoms with Crippen molar-refractivity contribution in [2.45, 2.75) is 6.42 Å². The maximum Gasteiger partial charge on any atom is 0.265 e. The molecule has 9 heteroatoms. The highest BCUT2D eigenvalue weighted by atomic mass is 19.1. The minimum Gasteiger partial charge on any atom is -0.495 e. The molecule has 0 radical (unpaired) electrons. The molecule has 0 unspecified atom stereocenters. The van der Waals surface area contributed by atoms with E-state index in [0.717, 1.165) is 0 Å². The predicted molar refractivity (Wildman–Crippen MR) is 128 cm³/mol. The molecular formula is C27H19F2N3O4. The van der Waals surface area contributed by atoms with E-state index in [1.807, 2.05) is 0 Å². The molecule has 0 fully saturated rings. The molecule has 0 spiro atoms. The summed E-state index contributed by atoms with van der Waals surface area (Å²) in [6, 6.07) is 15.8. The Hall–Kier alpha value is -4.79. The molecule has 0 N–H and O–H groups in total. The number of rotatable bonds is 7. The Morgan fingerprint density at radius 1 is 1.00 bits per heavy atom. The summed E-state index contributed by atoms with van der Waals surface area (Å²) >= 11 is 0. The van der Waals surface area contributed by atoms with Crippen molar-refractivity contribution in [1.82, 2.24) is 14.2 Å². The fourth-order valence-electron chi connectivity index (χ4n) is 3.81. The lowest BCUT2D eigenvalue weighted by molar-refractivity contribution is 0.0991. The zero-order chi connectivity index (χ0) is 25.2. The average molecular weight is 487 g/mol. The molecule has 0 aliphatic carbocycles. The standard InChI is InChI=1S/C27H19F2N3O4/c1-35-20-15-26(23-10-11-30-32(23)16-20)36-25-9-4-17(13-22(25)29)14-24(33)21-3-2-12-31(27(21)34)19-7-5-18(28)6-8-19/h2-13,15-16H,14H2,1H3. The quantitative estimate of drug-likeness (QED) is 0.303. The number of ketones is 1. The topological polar surface area (TPSA) is 74.8 Å². The van der Waals surface area contributed by atoms with Crippen molar-refractivity contribution in [3.05, 3.63) is 118 Å². The Balaban J connectivity index is 1.38. The molecule has 180 valence electrons. The van der Waals surface area contributed by atoms with Crippen LogP contribution in [0, 0.1) is 11.6 Å². The van der Waals surface area contributed by atoms with Crippen LogP contribution < -0.4 is 15.0 Å². The largest absolute Gasteiger partial charge is 0.495 e. The van der Waals surface area contributed by atoms with Crippen molar-refractivity contribution in [3.8, 4) is 22.9 Å². The Kier molecular flexibility index (Phi) is 6.03. The van der Waals surface area contributed by atoms with E-state index in [-0.39, 0.29) is 17.7 Å². The normalized spacial score (nSPS) is 11.0. The second-order valence-corrected chi connectivity index (χ2v) is 7.95. The van der Waals surface area contributed by atoms with Gasteiger partial charge in [-0.15, -0.1) is 0 Å². The van der Waals surface area contributed by atoms with Gasteiger partial charge in [0.25, 0.3) is 5.56 Å². The van der Waals surface area contributed by atoms with E-state index >= 15 is 0 Å². The van der Waals surface area contributed by atoms with E-state index in [2.05, 4.69) is 5.10 Å². The number of pyridine rings is 2. The van der Waals surface area contributed by atoms with Gasteiger partial charge in [-0.2, -0.15) is 5.10 Å². The van der Waals surface area contributed by atoms with Gasteiger partial charge in [-0.1, -0.05) is 6.07 Å². The lowest BCUT2D eigenvalue weighted by Crippen LogP contribution is -2.25. The number of aromatic nitrogens is 3. The molecule has 0 saturated carbocycles. The molecule has 0 saturated heterocycles. The molecule has 0 aliphatic rings. The van der Waals surface area contributed by atoms with Gasteiger partial charge in [0.05, 0.1) is 25.1 Å². The second kappa shape index (κ2) is 9.46. The molecule has 7 nitrogen and oxygen atoms in total. The summed E-state index contributed by atoms with van der Waals surface area (Å²) in [5, 5.41) is 4.15. The first-order chi connectivity index (χ1) is 17.4. The van der Waals surface area contributed by atoms with E-state index in [9.17, 15) is 18.4 Å². The van der Waals surface area contributed by atoms with Crippen LogP contribution in [0.3, 0.4) is 0 Å². The van der Waals surface area contributed by atoms with Gasteiger partial charge < -0.3 is 9.47 Å². The van der Waals surface area contributed by atoms with Crippen molar-refractivity contribution < 1.29 is 23.0 Å². The van der Waals surface area contributed by atoms with Crippen molar-refractivity contribution in [2.24, 2.45) is 0 Å². The molecule has 0 aliphatic heterocycles. The summed E-state index contributed by atoms with van der Waals surface area (Å²) < 4.78 is 42.0. The first kappa shape index (κ1) is 23.0. The lowest BCUT2D eigenvalue weighted by atomic mass is 10.0. The number of hydrogen-bond donors (Lipinski definition) is 0. The number of halogens is 2. The third kappa shape index (κ3) is 4.46. The summed E-state index contributed by atoms with van der Waals surface area (Å²) in [4.78, 5) is 25.8. The first-order valence-corrected chi connectivity index (χ1v) is 10.9. The SMILES string of the molecule is COc1cc(Oc2ccc(CC(=O)c3cccn(-c4ccc(F)cc4)c3=O)cc2F)c2ccnn2c1. The number of fused-ring (bicyclic) bond motifs is 1. The maximum absolute atomic E-state index is 14.9. The van der Waals surface area contributed by atoms with Crippen LogP contribution in [0.1, 0.15) is 15.9 Å². The number of benzene rings is 2. The zero-order valence-electron chi connectivity index (χ0n) is 19.0. The minimum absolute atomic E-state index is 0.0408. The smallest absolute Gasteiger partial charge is 0.265 e. The van der Waals surface area contributed by atoms with Gasteiger partial charge in [0.2, 0.25) is 0 Å². The van der Waals surface area contributed by atoms with E-state index < -0.39 is 23.0 Å². The highest BCUT2D eigenvalue weighted by Gasteiger charge is 2.16. The predicted octanol–water partition coefficient (Wildman–Crippen LogP) is 4.99. The van der Waals surface area contributed by atoms with Gasteiger partial charge in [-0.3, -0.25) is 14.2 Å². The van der Waals surface area contributed by atoms with E-state index in [0.29, 0.717) is 28.3 Å². The monoisotopic (exact) mass is 487 g/mol. The lowest BCUT2D eigenvalue weighted by Gasteiger charge is -2.11. The number of carbonyl (C=O) groups is 1. The van der Waals surface area contributed by atoms with Gasteiger partial charge in [-0.25, -0.2) is 13.3 Å². The van der Waals surface area contributed by atoms with E-state index in [4.69, 9.17) is 9.47 Å². The van der Waals surface area contributed by atoms with Crippen molar-refractivity contribution in [3.63, 3.8) is 0 Å². The molecule has 0 atom stereocenters. The number of methoxy groups -OCH3 is 1. The van der Waals surface area contributed by atoms with Crippen molar-refractivity contribution in [2.75, 3.05) is 7.11 Å². The van der Waals surface area contributed by atoms with Crippen LogP contribution in [-0.4, -0.2) is 27.1 Å². The number of carbonyl (C=O) groups excluding carboxylic acids is 1. The minimum atomic E-state index is -0.669. The van der Waals surface area contributed by atoms with E-state index in [1.54, 1.807) is 41.2 Å². The molecule has 0 amide bonds. The third-order valence-electron chi connectivity index (χ3n) is 5.61. The Morgan fingerprint density at radius 3 is 2.56 bits per heavy atom. The molecule has 3 heterocycles. The summed E-state index contributed by atoms with van der Waals surface area (Å²) in [6.07, 6.45) is 4.56. The summed E-state index contributed by atoms with van der Waals surface area (Å²) in [7, 11) is 1.50. The van der Waals surface area contributed by atoms with Gasteiger partial charge >= 0.3 is 0 Å². The fraction of sp³-hybridized carbons (Fsp3) is 0.0741. The molecule has 5 aromatic rings. The van der Waals surface area contributed by atoms with Crippen LogP contribution in [-0.2, 0) is 6.42 Å². The fourth-order valence-corrected chi connectivity index (χ4v) is 3.81. The molecule has 0 bridgehead atoms. The van der Waals surface area contributed by atoms with Gasteiger partial charge in [0.1, 0.15) is 17.1 Å². The average Bonchev–Trinajstić information content (AvgIpc) is 3.35. The number of nitrogens with zero attached hydrogens (tertiary/aromatic N) is 3. The van der Waals surface area contributed by atoms with Gasteiger partial charge in [0.15, 0.2) is 23.1 Å². The third-order valence-corrected chi connectivity index (χ3v) is 5.61. The number of Topliss-reactive ketones (excluding diaryl/α,β-unsaturated/α-hetero) is 1. The van der Waals surface area contributed by atoms with Crippen LogP contribution in [0.5, 0.6) is 17.2 Å². The Bertz CT molecular complexity index is 1640. The van der Waals surface area contributed by atoms with Gasteiger partial charge in [0, 0.05) is 24.4 Å². The summed E-state index contributed by atoms with van der Waals surface area (Å²) in [6.45, 7) is 0. The summed E-state index contributed by atoms with van der Waals surface area (Å²) in [5.74, 6) is -0.788. The van der Waals surface area contributed by atoms with Crippen LogP contribution in [0.2, 0.25) is 0 Å². The Labute approximate surface area is 203 Å². The molecule has 2 aromatic carbocycles. The molecule has 3 aromatic heterocycles.